The quantitative estimate of drug-likeness (QED) is 0.906. The number of aryl methyl sites for hydroxylation is 1. The van der Waals surface area contributed by atoms with Crippen molar-refractivity contribution in [1.82, 2.24) is 9.97 Å². The fourth-order valence-corrected chi connectivity index (χ4v) is 1.93. The minimum absolute atomic E-state index is 0.144. The highest BCUT2D eigenvalue weighted by molar-refractivity contribution is 5.88. The SMILES string of the molecule is CCOc1ccccc1-c1ncc(C(=O)O)c(CC)n1. The molecule has 1 N–H and O–H groups in total. The van der Waals surface area contributed by atoms with E-state index in [1.54, 1.807) is 0 Å². The van der Waals surface area contributed by atoms with Crippen LogP contribution in [0.25, 0.3) is 11.4 Å². The van der Waals surface area contributed by atoms with Crippen LogP contribution in [-0.2, 0) is 6.42 Å². The zero-order chi connectivity index (χ0) is 14.5. The Morgan fingerprint density at radius 2 is 2.05 bits per heavy atom. The molecule has 0 amide bonds. The molecule has 1 heterocycles. The van der Waals surface area contributed by atoms with Crippen LogP contribution in [0.4, 0.5) is 0 Å². The molecule has 2 aromatic rings. The minimum atomic E-state index is -1.01. The van der Waals surface area contributed by atoms with Gasteiger partial charge in [-0.3, -0.25) is 0 Å². The van der Waals surface area contributed by atoms with E-state index in [9.17, 15) is 4.79 Å². The average molecular weight is 272 g/mol. The fraction of sp³-hybridized carbons (Fsp3) is 0.267. The number of aromatic nitrogens is 2. The molecule has 0 saturated heterocycles. The summed E-state index contributed by atoms with van der Waals surface area (Å²) < 4.78 is 5.55. The number of nitrogens with zero attached hydrogens (tertiary/aromatic N) is 2. The molecule has 0 fully saturated rings. The molecule has 0 radical (unpaired) electrons. The molecular weight excluding hydrogens is 256 g/mol. The zero-order valence-corrected chi connectivity index (χ0v) is 11.5. The van der Waals surface area contributed by atoms with Gasteiger partial charge in [-0.1, -0.05) is 19.1 Å². The molecule has 0 saturated carbocycles. The van der Waals surface area contributed by atoms with E-state index < -0.39 is 5.97 Å². The number of benzene rings is 1. The summed E-state index contributed by atoms with van der Waals surface area (Å²) in [5, 5.41) is 9.09. The van der Waals surface area contributed by atoms with Crippen LogP contribution in [0.1, 0.15) is 29.9 Å². The second-order valence-corrected chi connectivity index (χ2v) is 4.14. The van der Waals surface area contributed by atoms with E-state index >= 15 is 0 Å². The van der Waals surface area contributed by atoms with Gasteiger partial charge in [0.25, 0.3) is 0 Å². The van der Waals surface area contributed by atoms with Crippen molar-refractivity contribution in [2.45, 2.75) is 20.3 Å². The lowest BCUT2D eigenvalue weighted by Gasteiger charge is -2.10. The van der Waals surface area contributed by atoms with Gasteiger partial charge in [0.1, 0.15) is 5.75 Å². The molecule has 0 aliphatic carbocycles. The third-order valence-electron chi connectivity index (χ3n) is 2.86. The molecule has 5 heteroatoms. The Labute approximate surface area is 117 Å². The predicted octanol–water partition coefficient (Wildman–Crippen LogP) is 2.80. The number of para-hydroxylation sites is 1. The van der Waals surface area contributed by atoms with Gasteiger partial charge < -0.3 is 9.84 Å². The van der Waals surface area contributed by atoms with E-state index in [-0.39, 0.29) is 5.56 Å². The molecule has 0 unspecified atom stereocenters. The fourth-order valence-electron chi connectivity index (χ4n) is 1.93. The van der Waals surface area contributed by atoms with E-state index in [0.717, 1.165) is 5.56 Å². The summed E-state index contributed by atoms with van der Waals surface area (Å²) in [6.07, 6.45) is 1.89. The second kappa shape index (κ2) is 6.14. The van der Waals surface area contributed by atoms with Crippen molar-refractivity contribution in [2.24, 2.45) is 0 Å². The van der Waals surface area contributed by atoms with Crippen molar-refractivity contribution in [3.8, 4) is 17.1 Å². The highest BCUT2D eigenvalue weighted by atomic mass is 16.5. The third kappa shape index (κ3) is 2.77. The summed E-state index contributed by atoms with van der Waals surface area (Å²) in [5.41, 5.74) is 1.43. The molecule has 1 aromatic carbocycles. The maximum absolute atomic E-state index is 11.1. The smallest absolute Gasteiger partial charge is 0.339 e. The lowest BCUT2D eigenvalue weighted by molar-refractivity contribution is 0.0694. The van der Waals surface area contributed by atoms with E-state index in [0.29, 0.717) is 30.3 Å². The molecule has 0 aliphatic rings. The van der Waals surface area contributed by atoms with Crippen LogP contribution in [0, 0.1) is 0 Å². The second-order valence-electron chi connectivity index (χ2n) is 4.14. The number of ether oxygens (including phenoxy) is 1. The Morgan fingerprint density at radius 1 is 1.30 bits per heavy atom. The first-order chi connectivity index (χ1) is 9.67. The molecule has 0 bridgehead atoms. The maximum Gasteiger partial charge on any atom is 0.339 e. The van der Waals surface area contributed by atoms with E-state index in [2.05, 4.69) is 9.97 Å². The first-order valence-electron chi connectivity index (χ1n) is 6.48. The monoisotopic (exact) mass is 272 g/mol. The molecule has 0 atom stereocenters. The summed E-state index contributed by atoms with van der Waals surface area (Å²) in [6, 6.07) is 7.46. The molecule has 0 spiro atoms. The van der Waals surface area contributed by atoms with E-state index in [1.807, 2.05) is 38.1 Å². The van der Waals surface area contributed by atoms with Gasteiger partial charge >= 0.3 is 5.97 Å². The lowest BCUT2D eigenvalue weighted by Crippen LogP contribution is -2.07. The van der Waals surface area contributed by atoms with Crippen molar-refractivity contribution in [2.75, 3.05) is 6.61 Å². The first-order valence-corrected chi connectivity index (χ1v) is 6.48. The van der Waals surface area contributed by atoms with Crippen molar-refractivity contribution in [3.63, 3.8) is 0 Å². The number of carbonyl (C=O) groups is 1. The summed E-state index contributed by atoms with van der Waals surface area (Å²) in [6.45, 7) is 4.32. The Morgan fingerprint density at radius 3 is 2.70 bits per heavy atom. The van der Waals surface area contributed by atoms with Crippen molar-refractivity contribution in [3.05, 3.63) is 41.7 Å². The summed E-state index contributed by atoms with van der Waals surface area (Å²) in [4.78, 5) is 19.6. The number of carboxylic acids is 1. The van der Waals surface area contributed by atoms with E-state index in [4.69, 9.17) is 9.84 Å². The normalized spacial score (nSPS) is 10.3. The van der Waals surface area contributed by atoms with Gasteiger partial charge in [-0.25, -0.2) is 14.8 Å². The molecule has 5 nitrogen and oxygen atoms in total. The maximum atomic E-state index is 11.1. The topological polar surface area (TPSA) is 72.3 Å². The predicted molar refractivity (Wildman–Crippen MR) is 75.0 cm³/mol. The molecular formula is C15H16N2O3. The van der Waals surface area contributed by atoms with Crippen LogP contribution < -0.4 is 4.74 Å². The van der Waals surface area contributed by atoms with Gasteiger partial charge in [0.2, 0.25) is 0 Å². The largest absolute Gasteiger partial charge is 0.493 e. The van der Waals surface area contributed by atoms with Crippen LogP contribution in [0.3, 0.4) is 0 Å². The lowest BCUT2D eigenvalue weighted by atomic mass is 10.1. The number of aromatic carboxylic acids is 1. The number of carboxylic acid groups (broad SMARTS) is 1. The van der Waals surface area contributed by atoms with Gasteiger partial charge in [-0.15, -0.1) is 0 Å². The zero-order valence-electron chi connectivity index (χ0n) is 11.5. The highest BCUT2D eigenvalue weighted by Gasteiger charge is 2.15. The van der Waals surface area contributed by atoms with Crippen LogP contribution in [0.5, 0.6) is 5.75 Å². The molecule has 1 aromatic heterocycles. The number of hydrogen-bond acceptors (Lipinski definition) is 4. The molecule has 2 rings (SSSR count). The van der Waals surface area contributed by atoms with Crippen molar-refractivity contribution in [1.29, 1.82) is 0 Å². The van der Waals surface area contributed by atoms with Crippen molar-refractivity contribution >= 4 is 5.97 Å². The summed E-state index contributed by atoms with van der Waals surface area (Å²) >= 11 is 0. The van der Waals surface area contributed by atoms with Gasteiger partial charge in [0, 0.05) is 6.20 Å². The third-order valence-corrected chi connectivity index (χ3v) is 2.86. The van der Waals surface area contributed by atoms with Gasteiger partial charge in [0.05, 0.1) is 23.4 Å². The van der Waals surface area contributed by atoms with E-state index in [1.165, 1.54) is 6.20 Å². The highest BCUT2D eigenvalue weighted by Crippen LogP contribution is 2.27. The standard InChI is InChI=1S/C15H16N2O3/c1-3-12-11(15(18)19)9-16-14(17-12)10-7-5-6-8-13(10)20-4-2/h5-9H,3-4H2,1-2H3,(H,18,19). The van der Waals surface area contributed by atoms with Gasteiger partial charge in [-0.05, 0) is 25.5 Å². The Kier molecular flexibility index (Phi) is 4.30. The molecule has 104 valence electrons. The molecule has 20 heavy (non-hydrogen) atoms. The van der Waals surface area contributed by atoms with Crippen LogP contribution >= 0.6 is 0 Å². The Balaban J connectivity index is 2.51. The average Bonchev–Trinajstić information content (AvgIpc) is 2.47. The Bertz CT molecular complexity index is 626. The van der Waals surface area contributed by atoms with Crippen LogP contribution in [0.15, 0.2) is 30.5 Å². The van der Waals surface area contributed by atoms with Crippen molar-refractivity contribution < 1.29 is 14.6 Å². The van der Waals surface area contributed by atoms with Gasteiger partial charge in [0.15, 0.2) is 5.82 Å². The summed E-state index contributed by atoms with van der Waals surface area (Å²) in [5.74, 6) is 0.169. The number of hydrogen-bond donors (Lipinski definition) is 1. The van der Waals surface area contributed by atoms with Gasteiger partial charge in [-0.2, -0.15) is 0 Å². The van der Waals surface area contributed by atoms with Crippen LogP contribution in [-0.4, -0.2) is 27.7 Å². The Hall–Kier alpha value is -2.43. The van der Waals surface area contributed by atoms with Crippen LogP contribution in [0.2, 0.25) is 0 Å². The first kappa shape index (κ1) is 14.0. The molecule has 0 aliphatic heterocycles. The number of rotatable bonds is 5. The minimum Gasteiger partial charge on any atom is -0.493 e. The summed E-state index contributed by atoms with van der Waals surface area (Å²) in [7, 11) is 0.